The summed E-state index contributed by atoms with van der Waals surface area (Å²) in [5, 5.41) is 16.3. The summed E-state index contributed by atoms with van der Waals surface area (Å²) in [5.41, 5.74) is 2.26. The quantitative estimate of drug-likeness (QED) is 0.851. The highest BCUT2D eigenvalue weighted by molar-refractivity contribution is 6.42. The number of hydrogen-bond acceptors (Lipinski definition) is 2. The summed E-state index contributed by atoms with van der Waals surface area (Å²) in [7, 11) is 0. The number of rotatable bonds is 5. The molecule has 1 aromatic heterocycles. The highest BCUT2D eigenvalue weighted by Crippen LogP contribution is 2.33. The number of aliphatic hydroxyl groups is 1. The molecule has 1 heterocycles. The van der Waals surface area contributed by atoms with Crippen LogP contribution in [0.15, 0.2) is 18.2 Å². The summed E-state index contributed by atoms with van der Waals surface area (Å²) in [6, 6.07) is 5.22. The molecule has 0 aliphatic heterocycles. The van der Waals surface area contributed by atoms with Crippen LogP contribution in [0, 0.1) is 0 Å². The van der Waals surface area contributed by atoms with Gasteiger partial charge in [-0.2, -0.15) is 5.10 Å². The molecule has 114 valence electrons. The third kappa shape index (κ3) is 3.37. The minimum atomic E-state index is -0.777. The second-order valence-corrected chi connectivity index (χ2v) is 5.90. The minimum Gasteiger partial charge on any atom is -0.388 e. The topological polar surface area (TPSA) is 38.0 Å². The molecule has 1 aromatic carbocycles. The van der Waals surface area contributed by atoms with Crippen LogP contribution in [0.25, 0.3) is 0 Å². The zero-order valence-corrected chi connectivity index (χ0v) is 14.2. The standard InChI is InChI=1S/C15H17Cl3N2O/c1-3-11-15(18)12(20(4-2)19-11)8-13(21)9-6-5-7-10(16)14(9)17/h5-7,13,21H,3-4,8H2,1-2H3. The minimum absolute atomic E-state index is 0.347. The largest absolute Gasteiger partial charge is 0.388 e. The van der Waals surface area contributed by atoms with Crippen molar-refractivity contribution in [2.45, 2.75) is 39.3 Å². The van der Waals surface area contributed by atoms with Gasteiger partial charge in [-0.15, -0.1) is 0 Å². The van der Waals surface area contributed by atoms with Crippen molar-refractivity contribution in [3.8, 4) is 0 Å². The van der Waals surface area contributed by atoms with Crippen LogP contribution in [0.3, 0.4) is 0 Å². The van der Waals surface area contributed by atoms with E-state index in [9.17, 15) is 5.11 Å². The Kier molecular flexibility index (Phi) is 5.55. The van der Waals surface area contributed by atoms with E-state index in [2.05, 4.69) is 5.10 Å². The fourth-order valence-electron chi connectivity index (χ4n) is 2.28. The lowest BCUT2D eigenvalue weighted by molar-refractivity contribution is 0.175. The second kappa shape index (κ2) is 7.01. The normalized spacial score (nSPS) is 12.7. The smallest absolute Gasteiger partial charge is 0.0860 e. The predicted molar refractivity (Wildman–Crippen MR) is 87.4 cm³/mol. The van der Waals surface area contributed by atoms with Gasteiger partial charge in [-0.3, -0.25) is 4.68 Å². The number of hydrogen-bond donors (Lipinski definition) is 1. The molecule has 1 atom stereocenters. The monoisotopic (exact) mass is 346 g/mol. The van der Waals surface area contributed by atoms with Gasteiger partial charge in [0.15, 0.2) is 0 Å². The molecule has 0 spiro atoms. The molecule has 0 fully saturated rings. The molecule has 1 unspecified atom stereocenters. The van der Waals surface area contributed by atoms with Gasteiger partial charge in [0.2, 0.25) is 0 Å². The number of aliphatic hydroxyl groups excluding tert-OH is 1. The molecule has 21 heavy (non-hydrogen) atoms. The first-order valence-corrected chi connectivity index (χ1v) is 7.98. The number of aryl methyl sites for hydroxylation is 2. The molecule has 0 saturated carbocycles. The Balaban J connectivity index is 2.33. The summed E-state index contributed by atoms with van der Waals surface area (Å²) in [4.78, 5) is 0. The maximum atomic E-state index is 10.5. The van der Waals surface area contributed by atoms with Crippen molar-refractivity contribution in [1.82, 2.24) is 9.78 Å². The Morgan fingerprint density at radius 3 is 2.52 bits per heavy atom. The van der Waals surface area contributed by atoms with Gasteiger partial charge in [0, 0.05) is 18.5 Å². The Labute approximate surface area is 139 Å². The first kappa shape index (κ1) is 16.6. The van der Waals surface area contributed by atoms with Crippen molar-refractivity contribution in [3.05, 3.63) is 50.2 Å². The van der Waals surface area contributed by atoms with Crippen LogP contribution in [0.1, 0.15) is 36.9 Å². The van der Waals surface area contributed by atoms with Gasteiger partial charge in [-0.05, 0) is 19.4 Å². The van der Waals surface area contributed by atoms with Crippen molar-refractivity contribution in [2.24, 2.45) is 0 Å². The highest BCUT2D eigenvalue weighted by Gasteiger charge is 2.20. The zero-order chi connectivity index (χ0) is 15.6. The van der Waals surface area contributed by atoms with Gasteiger partial charge in [0.05, 0.1) is 32.6 Å². The molecule has 0 aliphatic carbocycles. The molecule has 1 N–H and O–H groups in total. The number of benzene rings is 1. The maximum absolute atomic E-state index is 10.5. The van der Waals surface area contributed by atoms with E-state index in [1.54, 1.807) is 18.2 Å². The van der Waals surface area contributed by atoms with E-state index in [1.165, 1.54) is 0 Å². The SMILES string of the molecule is CCc1nn(CC)c(CC(O)c2cccc(Cl)c2Cl)c1Cl. The molecule has 0 amide bonds. The summed E-state index contributed by atoms with van der Waals surface area (Å²) in [5.74, 6) is 0. The van der Waals surface area contributed by atoms with Gasteiger partial charge in [-0.25, -0.2) is 0 Å². The van der Waals surface area contributed by atoms with E-state index in [1.807, 2.05) is 18.5 Å². The van der Waals surface area contributed by atoms with E-state index in [0.717, 1.165) is 17.8 Å². The van der Waals surface area contributed by atoms with Crippen LogP contribution in [0.4, 0.5) is 0 Å². The lowest BCUT2D eigenvalue weighted by atomic mass is 10.0. The first-order chi connectivity index (χ1) is 9.99. The summed E-state index contributed by atoms with van der Waals surface area (Å²) < 4.78 is 1.82. The molecular weight excluding hydrogens is 331 g/mol. The van der Waals surface area contributed by atoms with Gasteiger partial charge in [0.1, 0.15) is 0 Å². The molecule has 2 rings (SSSR count). The van der Waals surface area contributed by atoms with Crippen LogP contribution in [-0.2, 0) is 19.4 Å². The zero-order valence-electron chi connectivity index (χ0n) is 11.9. The van der Waals surface area contributed by atoms with Gasteiger partial charge in [-0.1, -0.05) is 53.9 Å². The molecule has 0 bridgehead atoms. The number of aromatic nitrogens is 2. The van der Waals surface area contributed by atoms with Crippen LogP contribution >= 0.6 is 34.8 Å². The third-order valence-corrected chi connectivity index (χ3v) is 4.69. The maximum Gasteiger partial charge on any atom is 0.0860 e. The average molecular weight is 348 g/mol. The van der Waals surface area contributed by atoms with Crippen LogP contribution in [0.2, 0.25) is 15.1 Å². The fraction of sp³-hybridized carbons (Fsp3) is 0.400. The lowest BCUT2D eigenvalue weighted by Gasteiger charge is -2.14. The second-order valence-electron chi connectivity index (χ2n) is 4.74. The van der Waals surface area contributed by atoms with E-state index in [0.29, 0.717) is 33.6 Å². The third-order valence-electron chi connectivity index (χ3n) is 3.42. The molecule has 0 radical (unpaired) electrons. The first-order valence-electron chi connectivity index (χ1n) is 6.85. The number of halogens is 3. The Bertz CT molecular complexity index is 640. The van der Waals surface area contributed by atoms with Gasteiger partial charge in [0.25, 0.3) is 0 Å². The van der Waals surface area contributed by atoms with E-state index in [4.69, 9.17) is 34.8 Å². The highest BCUT2D eigenvalue weighted by atomic mass is 35.5. The summed E-state index contributed by atoms with van der Waals surface area (Å²) in [6.07, 6.45) is 0.326. The van der Waals surface area contributed by atoms with Crippen molar-refractivity contribution < 1.29 is 5.11 Å². The van der Waals surface area contributed by atoms with Crippen molar-refractivity contribution >= 4 is 34.8 Å². The van der Waals surface area contributed by atoms with Crippen LogP contribution < -0.4 is 0 Å². The van der Waals surface area contributed by atoms with Crippen molar-refractivity contribution in [1.29, 1.82) is 0 Å². The van der Waals surface area contributed by atoms with Crippen molar-refractivity contribution in [3.63, 3.8) is 0 Å². The van der Waals surface area contributed by atoms with Crippen LogP contribution in [0.5, 0.6) is 0 Å². The van der Waals surface area contributed by atoms with Crippen LogP contribution in [-0.4, -0.2) is 14.9 Å². The molecule has 3 nitrogen and oxygen atoms in total. The lowest BCUT2D eigenvalue weighted by Crippen LogP contribution is -2.09. The van der Waals surface area contributed by atoms with Gasteiger partial charge < -0.3 is 5.11 Å². The summed E-state index contributed by atoms with van der Waals surface area (Å²) in [6.45, 7) is 4.69. The van der Waals surface area contributed by atoms with E-state index >= 15 is 0 Å². The molecule has 0 saturated heterocycles. The molecular formula is C15H17Cl3N2O. The van der Waals surface area contributed by atoms with E-state index < -0.39 is 6.10 Å². The number of nitrogens with zero attached hydrogens (tertiary/aromatic N) is 2. The molecule has 6 heteroatoms. The average Bonchev–Trinajstić information content (AvgIpc) is 2.78. The summed E-state index contributed by atoms with van der Waals surface area (Å²) >= 11 is 18.5. The van der Waals surface area contributed by atoms with E-state index in [-0.39, 0.29) is 0 Å². The fourth-order valence-corrected chi connectivity index (χ4v) is 3.06. The Morgan fingerprint density at radius 2 is 1.90 bits per heavy atom. The van der Waals surface area contributed by atoms with Crippen molar-refractivity contribution in [2.75, 3.05) is 0 Å². The molecule has 0 aliphatic rings. The Hall–Kier alpha value is -0.740. The van der Waals surface area contributed by atoms with Gasteiger partial charge >= 0.3 is 0 Å². The molecule has 2 aromatic rings. The Morgan fingerprint density at radius 1 is 1.19 bits per heavy atom. The predicted octanol–water partition coefficient (Wildman–Crippen LogP) is 4.70.